The molecule has 10 heteroatoms. The van der Waals surface area contributed by atoms with E-state index in [9.17, 15) is 19.5 Å². The van der Waals surface area contributed by atoms with E-state index >= 15 is 4.79 Å². The van der Waals surface area contributed by atoms with Gasteiger partial charge in [0.05, 0.1) is 30.7 Å². The van der Waals surface area contributed by atoms with Gasteiger partial charge in [0.1, 0.15) is 23.7 Å². The van der Waals surface area contributed by atoms with Crippen LogP contribution in [0.2, 0.25) is 0 Å². The van der Waals surface area contributed by atoms with Gasteiger partial charge in [-0.1, -0.05) is 82.3 Å². The number of fused-ring (bicyclic) bond motifs is 2. The minimum absolute atomic E-state index is 0.120. The Kier molecular flexibility index (Phi) is 9.77. The summed E-state index contributed by atoms with van der Waals surface area (Å²) >= 11 is 0. The number of ether oxygens (including phenoxy) is 2. The van der Waals surface area contributed by atoms with Crippen molar-refractivity contribution in [3.05, 3.63) is 60.2 Å². The van der Waals surface area contributed by atoms with Crippen LogP contribution in [0.3, 0.4) is 0 Å². The Balaban J connectivity index is 1.63. The molecule has 47 heavy (non-hydrogen) atoms. The molecule has 3 amide bonds. The van der Waals surface area contributed by atoms with Crippen LogP contribution in [-0.2, 0) is 28.7 Å². The molecule has 0 unspecified atom stereocenters. The number of amides is 3. The number of allylic oxidation sites excluding steroid dienone is 1. The highest BCUT2D eigenvalue weighted by molar-refractivity contribution is 5.99. The number of benzene rings is 1. The largest absolute Gasteiger partial charge is 0.455 e. The van der Waals surface area contributed by atoms with E-state index in [4.69, 9.17) is 9.47 Å². The van der Waals surface area contributed by atoms with Crippen LogP contribution in [0.4, 0.5) is 0 Å². The van der Waals surface area contributed by atoms with Gasteiger partial charge >= 0.3 is 5.97 Å². The molecule has 5 rings (SSSR count). The van der Waals surface area contributed by atoms with Crippen LogP contribution in [0, 0.1) is 17.3 Å². The Morgan fingerprint density at radius 1 is 1.04 bits per heavy atom. The number of nitrogens with zero attached hydrogens (tertiary/aromatic N) is 2. The van der Waals surface area contributed by atoms with Crippen molar-refractivity contribution in [2.75, 3.05) is 13.2 Å². The van der Waals surface area contributed by atoms with Crippen molar-refractivity contribution in [3.63, 3.8) is 0 Å². The third-order valence-electron chi connectivity index (χ3n) is 10.1. The summed E-state index contributed by atoms with van der Waals surface area (Å²) in [4.78, 5) is 60.2. The summed E-state index contributed by atoms with van der Waals surface area (Å²) in [6.45, 7) is 14.0. The third kappa shape index (κ3) is 6.51. The quantitative estimate of drug-likeness (QED) is 0.351. The van der Waals surface area contributed by atoms with Crippen LogP contribution in [0.5, 0.6) is 0 Å². The SMILES string of the molecule is CC[C@@H](CO)N1C(=O)[C@@H]2[C@H]3C(=O)O[C@@H](c4ccccc4)[C@H](C)NC(=O)CC/C=C\CN(C(C)(C)CC(C)(C)C)C(=O)[C@@H]1[C@]21C=C[C@H]3O1. The van der Waals surface area contributed by atoms with Gasteiger partial charge in [0.25, 0.3) is 0 Å². The first-order valence-corrected chi connectivity index (χ1v) is 17.0. The van der Waals surface area contributed by atoms with Crippen LogP contribution in [-0.4, -0.2) is 87.1 Å². The van der Waals surface area contributed by atoms with E-state index < -0.39 is 65.2 Å². The van der Waals surface area contributed by atoms with Crippen molar-refractivity contribution in [2.24, 2.45) is 17.3 Å². The first-order valence-electron chi connectivity index (χ1n) is 17.0. The van der Waals surface area contributed by atoms with Gasteiger partial charge < -0.3 is 29.7 Å². The van der Waals surface area contributed by atoms with Crippen LogP contribution in [0.15, 0.2) is 54.6 Å². The van der Waals surface area contributed by atoms with E-state index in [1.165, 1.54) is 4.90 Å². The summed E-state index contributed by atoms with van der Waals surface area (Å²) in [6, 6.07) is 6.91. The Hall–Kier alpha value is -3.50. The van der Waals surface area contributed by atoms with Gasteiger partial charge in [-0.3, -0.25) is 19.2 Å². The van der Waals surface area contributed by atoms with E-state index in [0.717, 1.165) is 0 Å². The lowest BCUT2D eigenvalue weighted by atomic mass is 9.74. The molecule has 0 aliphatic carbocycles. The molecule has 5 bridgehead atoms. The molecule has 2 fully saturated rings. The molecule has 4 aliphatic rings. The highest BCUT2D eigenvalue weighted by Crippen LogP contribution is 2.56. The predicted molar refractivity (Wildman–Crippen MR) is 177 cm³/mol. The molecule has 2 saturated heterocycles. The van der Waals surface area contributed by atoms with Crippen molar-refractivity contribution in [3.8, 4) is 0 Å². The summed E-state index contributed by atoms with van der Waals surface area (Å²) < 4.78 is 12.8. The second-order valence-corrected chi connectivity index (χ2v) is 15.3. The molecule has 1 aromatic carbocycles. The Morgan fingerprint density at radius 3 is 2.38 bits per heavy atom. The average Bonchev–Trinajstić information content (AvgIpc) is 3.64. The van der Waals surface area contributed by atoms with Crippen molar-refractivity contribution >= 4 is 23.7 Å². The maximum Gasteiger partial charge on any atom is 0.313 e. The molecule has 0 saturated carbocycles. The van der Waals surface area contributed by atoms with Crippen LogP contribution >= 0.6 is 0 Å². The van der Waals surface area contributed by atoms with Crippen molar-refractivity contribution in [1.82, 2.24) is 15.1 Å². The first-order chi connectivity index (χ1) is 22.1. The molecule has 10 nitrogen and oxygen atoms in total. The summed E-state index contributed by atoms with van der Waals surface area (Å²) in [7, 11) is 0. The Labute approximate surface area is 278 Å². The molecule has 256 valence electrons. The van der Waals surface area contributed by atoms with E-state index in [2.05, 4.69) is 26.1 Å². The summed E-state index contributed by atoms with van der Waals surface area (Å²) in [5.74, 6) is -3.54. The van der Waals surface area contributed by atoms with Crippen LogP contribution in [0.1, 0.15) is 85.8 Å². The lowest BCUT2D eigenvalue weighted by Gasteiger charge is -2.46. The highest BCUT2D eigenvalue weighted by atomic mass is 16.6. The molecule has 1 spiro atoms. The number of aliphatic hydroxyl groups excluding tert-OH is 1. The highest BCUT2D eigenvalue weighted by Gasteiger charge is 2.74. The van der Waals surface area contributed by atoms with E-state index in [0.29, 0.717) is 24.8 Å². The van der Waals surface area contributed by atoms with Gasteiger partial charge in [-0.25, -0.2) is 0 Å². The van der Waals surface area contributed by atoms with Gasteiger partial charge in [-0.2, -0.15) is 0 Å². The van der Waals surface area contributed by atoms with Crippen LogP contribution < -0.4 is 5.32 Å². The number of likely N-dealkylation sites (tertiary alicyclic amines) is 1. The number of carbonyl (C=O) groups excluding carboxylic acids is 4. The van der Waals surface area contributed by atoms with Gasteiger partial charge in [-0.05, 0) is 51.0 Å². The van der Waals surface area contributed by atoms with Gasteiger partial charge in [-0.15, -0.1) is 0 Å². The molecule has 8 atom stereocenters. The van der Waals surface area contributed by atoms with E-state index in [-0.39, 0.29) is 36.8 Å². The number of esters is 1. The number of carbonyl (C=O) groups is 4. The maximum absolute atomic E-state index is 15.1. The molecule has 0 radical (unpaired) electrons. The number of hydrogen-bond acceptors (Lipinski definition) is 7. The zero-order valence-electron chi connectivity index (χ0n) is 28.8. The zero-order chi connectivity index (χ0) is 34.3. The molecule has 0 aromatic heterocycles. The minimum atomic E-state index is -1.40. The number of aliphatic hydroxyl groups is 1. The third-order valence-corrected chi connectivity index (χ3v) is 10.1. The zero-order valence-corrected chi connectivity index (χ0v) is 28.8. The van der Waals surface area contributed by atoms with E-state index in [1.54, 1.807) is 24.0 Å². The van der Waals surface area contributed by atoms with Crippen molar-refractivity contribution in [2.45, 2.75) is 116 Å². The van der Waals surface area contributed by atoms with Crippen LogP contribution in [0.25, 0.3) is 0 Å². The summed E-state index contributed by atoms with van der Waals surface area (Å²) in [5.41, 5.74) is -1.45. The monoisotopic (exact) mass is 649 g/mol. The number of cyclic esters (lactones) is 1. The molecule has 2 N–H and O–H groups in total. The number of rotatable bonds is 6. The smallest absolute Gasteiger partial charge is 0.313 e. The maximum atomic E-state index is 15.1. The fraction of sp³-hybridized carbons (Fsp3) is 0.622. The molecule has 4 heterocycles. The van der Waals surface area contributed by atoms with Gasteiger partial charge in [0, 0.05) is 18.5 Å². The Bertz CT molecular complexity index is 1410. The Morgan fingerprint density at radius 2 is 1.74 bits per heavy atom. The van der Waals surface area contributed by atoms with Crippen molar-refractivity contribution in [1.29, 1.82) is 0 Å². The summed E-state index contributed by atoms with van der Waals surface area (Å²) in [6.07, 6.45) is 7.53. The summed E-state index contributed by atoms with van der Waals surface area (Å²) in [5, 5.41) is 13.5. The fourth-order valence-electron chi connectivity index (χ4n) is 8.36. The fourth-order valence-corrected chi connectivity index (χ4v) is 8.36. The van der Waals surface area contributed by atoms with E-state index in [1.807, 2.05) is 63.3 Å². The van der Waals surface area contributed by atoms with Gasteiger partial charge in [0.15, 0.2) is 0 Å². The van der Waals surface area contributed by atoms with Crippen molar-refractivity contribution < 1.29 is 33.8 Å². The molecule has 1 aromatic rings. The molecular formula is C37H51N3O7. The average molecular weight is 650 g/mol. The normalized spacial score (nSPS) is 33.1. The minimum Gasteiger partial charge on any atom is -0.455 e. The first kappa shape index (κ1) is 34.8. The predicted octanol–water partition coefficient (Wildman–Crippen LogP) is 4.09. The standard InChI is InChI=1S/C37H51N3O7/c1-8-25(21-41)40-31-33(44)39(36(6,7)22-35(3,4)5)20-14-10-13-17-27(42)38-23(2)30(24-15-11-9-12-16-24)46-34(45)28-26-18-19-37(31,47-26)29(28)32(40)43/h9-12,14-16,18-19,23,25-26,28-31,41H,8,13,17,20-22H2,1-7H3,(H,38,42)/b14-10-/t23-,25-,26+,28-,29-,30+,31+,37-/m0/s1. The number of nitrogens with one attached hydrogen (secondary N) is 1. The second kappa shape index (κ2) is 13.2. The lowest BCUT2D eigenvalue weighted by Crippen LogP contribution is -2.62. The topological polar surface area (TPSA) is 125 Å². The van der Waals surface area contributed by atoms with Gasteiger partial charge in [0.2, 0.25) is 17.7 Å². The lowest BCUT2D eigenvalue weighted by molar-refractivity contribution is -0.162. The second-order valence-electron chi connectivity index (χ2n) is 15.3. The molecular weight excluding hydrogens is 598 g/mol. The molecule has 4 aliphatic heterocycles. The number of hydrogen-bond donors (Lipinski definition) is 2.